The Balaban J connectivity index is 1.64. The standard InChI is InChI=1S/C12H15ClN2/c13-11-3-1-9(2-4-11)6-15-7-10-5-12(10,14)8-15/h1-4,10H,5-8,14H2. The molecular weight excluding hydrogens is 208 g/mol. The Morgan fingerprint density at radius 1 is 1.40 bits per heavy atom. The summed E-state index contributed by atoms with van der Waals surface area (Å²) >= 11 is 5.85. The van der Waals surface area contributed by atoms with E-state index in [-0.39, 0.29) is 5.54 Å². The van der Waals surface area contributed by atoms with Crippen LogP contribution in [0.5, 0.6) is 0 Å². The highest BCUT2D eigenvalue weighted by molar-refractivity contribution is 6.30. The average molecular weight is 223 g/mol. The largest absolute Gasteiger partial charge is 0.324 e. The van der Waals surface area contributed by atoms with Gasteiger partial charge in [0, 0.05) is 30.2 Å². The Morgan fingerprint density at radius 3 is 2.73 bits per heavy atom. The van der Waals surface area contributed by atoms with Crippen molar-refractivity contribution in [3.63, 3.8) is 0 Å². The highest BCUT2D eigenvalue weighted by atomic mass is 35.5. The minimum absolute atomic E-state index is 0.159. The summed E-state index contributed by atoms with van der Waals surface area (Å²) in [5.41, 5.74) is 7.64. The normalized spacial score (nSPS) is 34.1. The van der Waals surface area contributed by atoms with Gasteiger partial charge in [0.2, 0.25) is 0 Å². The Bertz CT molecular complexity index is 376. The second-order valence-corrected chi connectivity index (χ2v) is 5.37. The topological polar surface area (TPSA) is 29.3 Å². The van der Waals surface area contributed by atoms with E-state index in [1.807, 2.05) is 12.1 Å². The first kappa shape index (κ1) is 9.64. The van der Waals surface area contributed by atoms with Crippen molar-refractivity contribution < 1.29 is 0 Å². The molecule has 0 radical (unpaired) electrons. The van der Waals surface area contributed by atoms with Crippen LogP contribution in [-0.4, -0.2) is 23.5 Å². The minimum atomic E-state index is 0.159. The lowest BCUT2D eigenvalue weighted by Crippen LogP contribution is -2.32. The molecular formula is C12H15ClN2. The molecule has 1 heterocycles. The first-order chi connectivity index (χ1) is 7.16. The van der Waals surface area contributed by atoms with Crippen molar-refractivity contribution in [1.82, 2.24) is 4.90 Å². The third-order valence-corrected chi connectivity index (χ3v) is 3.85. The number of hydrogen-bond donors (Lipinski definition) is 1. The summed E-state index contributed by atoms with van der Waals surface area (Å²) in [6, 6.07) is 8.09. The molecule has 1 aromatic rings. The molecule has 3 rings (SSSR count). The van der Waals surface area contributed by atoms with Gasteiger partial charge in [-0.1, -0.05) is 23.7 Å². The van der Waals surface area contributed by atoms with Crippen LogP contribution in [0.2, 0.25) is 5.02 Å². The van der Waals surface area contributed by atoms with Gasteiger partial charge in [-0.3, -0.25) is 4.90 Å². The van der Waals surface area contributed by atoms with Crippen molar-refractivity contribution in [2.24, 2.45) is 11.7 Å². The maximum Gasteiger partial charge on any atom is 0.0406 e. The van der Waals surface area contributed by atoms with Gasteiger partial charge in [0.25, 0.3) is 0 Å². The summed E-state index contributed by atoms with van der Waals surface area (Å²) < 4.78 is 0. The fraction of sp³-hybridized carbons (Fsp3) is 0.500. The zero-order chi connectivity index (χ0) is 10.5. The SMILES string of the molecule is NC12CC1CN(Cc1ccc(Cl)cc1)C2. The summed E-state index contributed by atoms with van der Waals surface area (Å²) in [5.74, 6) is 0.754. The molecule has 2 fully saturated rings. The molecule has 2 aliphatic rings. The van der Waals surface area contributed by atoms with Crippen LogP contribution in [0.15, 0.2) is 24.3 Å². The highest BCUT2D eigenvalue weighted by Crippen LogP contribution is 2.47. The molecule has 0 spiro atoms. The number of likely N-dealkylation sites (tertiary alicyclic amines) is 1. The third kappa shape index (κ3) is 1.78. The average Bonchev–Trinajstić information content (AvgIpc) is 2.70. The number of hydrogen-bond acceptors (Lipinski definition) is 2. The quantitative estimate of drug-likeness (QED) is 0.828. The van der Waals surface area contributed by atoms with Gasteiger partial charge < -0.3 is 5.73 Å². The summed E-state index contributed by atoms with van der Waals surface area (Å²) in [4.78, 5) is 2.44. The first-order valence-corrected chi connectivity index (χ1v) is 5.79. The number of halogens is 1. The van der Waals surface area contributed by atoms with E-state index in [4.69, 9.17) is 17.3 Å². The van der Waals surface area contributed by atoms with Crippen molar-refractivity contribution in [2.45, 2.75) is 18.5 Å². The van der Waals surface area contributed by atoms with E-state index in [2.05, 4.69) is 17.0 Å². The summed E-state index contributed by atoms with van der Waals surface area (Å²) in [6.45, 7) is 3.23. The van der Waals surface area contributed by atoms with E-state index < -0.39 is 0 Å². The predicted octanol–water partition coefficient (Wildman–Crippen LogP) is 1.87. The third-order valence-electron chi connectivity index (χ3n) is 3.60. The molecule has 1 aromatic carbocycles. The Labute approximate surface area is 95.0 Å². The lowest BCUT2D eigenvalue weighted by Gasteiger charge is -2.18. The highest BCUT2D eigenvalue weighted by Gasteiger charge is 2.56. The molecule has 1 aliphatic heterocycles. The van der Waals surface area contributed by atoms with E-state index in [1.165, 1.54) is 18.5 Å². The van der Waals surface area contributed by atoms with Crippen LogP contribution in [0, 0.1) is 5.92 Å². The van der Waals surface area contributed by atoms with Crippen LogP contribution < -0.4 is 5.73 Å². The maximum absolute atomic E-state index is 6.16. The van der Waals surface area contributed by atoms with Gasteiger partial charge in [-0.2, -0.15) is 0 Å². The van der Waals surface area contributed by atoms with E-state index >= 15 is 0 Å². The number of rotatable bonds is 2. The van der Waals surface area contributed by atoms with Gasteiger partial charge in [-0.25, -0.2) is 0 Å². The van der Waals surface area contributed by atoms with Crippen LogP contribution in [-0.2, 0) is 6.54 Å². The van der Waals surface area contributed by atoms with E-state index in [1.54, 1.807) is 0 Å². The molecule has 1 saturated carbocycles. The Hall–Kier alpha value is -0.570. The van der Waals surface area contributed by atoms with Crippen LogP contribution in [0.25, 0.3) is 0 Å². The van der Waals surface area contributed by atoms with Crippen molar-refractivity contribution in [1.29, 1.82) is 0 Å². The number of piperidine rings is 1. The number of fused-ring (bicyclic) bond motifs is 1. The van der Waals surface area contributed by atoms with E-state index in [9.17, 15) is 0 Å². The zero-order valence-corrected chi connectivity index (χ0v) is 9.37. The lowest BCUT2D eigenvalue weighted by molar-refractivity contribution is 0.291. The number of nitrogens with zero attached hydrogens (tertiary/aromatic N) is 1. The molecule has 2 atom stereocenters. The fourth-order valence-corrected chi connectivity index (χ4v) is 2.73. The molecule has 2 N–H and O–H groups in total. The van der Waals surface area contributed by atoms with Gasteiger partial charge in [-0.05, 0) is 30.0 Å². The van der Waals surface area contributed by atoms with Crippen molar-refractivity contribution in [3.8, 4) is 0 Å². The molecule has 2 nitrogen and oxygen atoms in total. The predicted molar refractivity (Wildman–Crippen MR) is 61.8 cm³/mol. The molecule has 2 unspecified atom stereocenters. The van der Waals surface area contributed by atoms with Crippen LogP contribution in [0.1, 0.15) is 12.0 Å². The fourth-order valence-electron chi connectivity index (χ4n) is 2.60. The Morgan fingerprint density at radius 2 is 2.13 bits per heavy atom. The summed E-state index contributed by atoms with van der Waals surface area (Å²) in [6.07, 6.45) is 1.23. The second kappa shape index (κ2) is 3.21. The number of nitrogens with two attached hydrogens (primary N) is 1. The summed E-state index contributed by atoms with van der Waals surface area (Å²) in [7, 11) is 0. The van der Waals surface area contributed by atoms with E-state index in [0.29, 0.717) is 0 Å². The molecule has 0 bridgehead atoms. The molecule has 80 valence electrons. The number of benzene rings is 1. The molecule has 1 aliphatic carbocycles. The maximum atomic E-state index is 6.16. The van der Waals surface area contributed by atoms with Gasteiger partial charge in [-0.15, -0.1) is 0 Å². The van der Waals surface area contributed by atoms with Gasteiger partial charge in [0.15, 0.2) is 0 Å². The Kier molecular flexibility index (Phi) is 2.06. The van der Waals surface area contributed by atoms with Crippen LogP contribution in [0.3, 0.4) is 0 Å². The van der Waals surface area contributed by atoms with Crippen molar-refractivity contribution >= 4 is 11.6 Å². The van der Waals surface area contributed by atoms with Gasteiger partial charge >= 0.3 is 0 Å². The molecule has 0 aromatic heterocycles. The lowest BCUT2D eigenvalue weighted by atomic mass is 10.2. The smallest absolute Gasteiger partial charge is 0.0406 e. The molecule has 3 heteroatoms. The second-order valence-electron chi connectivity index (χ2n) is 4.93. The first-order valence-electron chi connectivity index (χ1n) is 5.41. The zero-order valence-electron chi connectivity index (χ0n) is 8.62. The van der Waals surface area contributed by atoms with Gasteiger partial charge in [0.05, 0.1) is 0 Å². The van der Waals surface area contributed by atoms with E-state index in [0.717, 1.165) is 24.0 Å². The van der Waals surface area contributed by atoms with Crippen LogP contribution >= 0.6 is 11.6 Å². The minimum Gasteiger partial charge on any atom is -0.324 e. The van der Waals surface area contributed by atoms with Crippen molar-refractivity contribution in [2.75, 3.05) is 13.1 Å². The molecule has 1 saturated heterocycles. The van der Waals surface area contributed by atoms with Crippen LogP contribution in [0.4, 0.5) is 0 Å². The molecule has 15 heavy (non-hydrogen) atoms. The van der Waals surface area contributed by atoms with Crippen molar-refractivity contribution in [3.05, 3.63) is 34.9 Å². The summed E-state index contributed by atoms with van der Waals surface area (Å²) in [5, 5.41) is 0.804. The molecule has 0 amide bonds. The monoisotopic (exact) mass is 222 g/mol. The van der Waals surface area contributed by atoms with Gasteiger partial charge in [0.1, 0.15) is 0 Å².